The van der Waals surface area contributed by atoms with Crippen molar-refractivity contribution in [2.45, 2.75) is 13.8 Å². The van der Waals surface area contributed by atoms with Gasteiger partial charge in [0, 0.05) is 5.57 Å². The van der Waals surface area contributed by atoms with E-state index in [9.17, 15) is 9.59 Å². The zero-order chi connectivity index (χ0) is 14.0. The van der Waals surface area contributed by atoms with Crippen LogP contribution in [0, 0.1) is 5.92 Å². The van der Waals surface area contributed by atoms with Crippen LogP contribution in [0.15, 0.2) is 29.8 Å². The highest BCUT2D eigenvalue weighted by atomic mass is 16.5. The Morgan fingerprint density at radius 2 is 2.16 bits per heavy atom. The van der Waals surface area contributed by atoms with E-state index in [1.54, 1.807) is 18.2 Å². The second kappa shape index (κ2) is 5.26. The molecule has 100 valence electrons. The van der Waals surface area contributed by atoms with Crippen molar-refractivity contribution in [3.8, 4) is 5.75 Å². The molecule has 4 nitrogen and oxygen atoms in total. The molecule has 0 saturated heterocycles. The lowest BCUT2D eigenvalue weighted by atomic mass is 9.96. The maximum atomic E-state index is 12.2. The van der Waals surface area contributed by atoms with E-state index in [2.05, 4.69) is 4.74 Å². The molecule has 0 radical (unpaired) electrons. The van der Waals surface area contributed by atoms with Crippen LogP contribution in [0.5, 0.6) is 5.75 Å². The standard InChI is InChI=1S/C15H16O4/c1-9(2)6-11-8-19-13-7-10(15(17)18-3)4-5-12(13)14(11)16/h4-7,9H,8H2,1-3H3/b11-6+. The molecule has 0 unspecified atom stereocenters. The number of ketones is 1. The van der Waals surface area contributed by atoms with Gasteiger partial charge in [-0.05, 0) is 24.1 Å². The molecule has 0 saturated carbocycles. The third-order valence-electron chi connectivity index (χ3n) is 2.86. The largest absolute Gasteiger partial charge is 0.488 e. The molecule has 0 aliphatic carbocycles. The van der Waals surface area contributed by atoms with Crippen LogP contribution >= 0.6 is 0 Å². The number of hydrogen-bond acceptors (Lipinski definition) is 4. The van der Waals surface area contributed by atoms with Crippen LogP contribution < -0.4 is 4.74 Å². The summed E-state index contributed by atoms with van der Waals surface area (Å²) in [5, 5.41) is 0. The number of esters is 1. The minimum absolute atomic E-state index is 0.0358. The topological polar surface area (TPSA) is 52.6 Å². The summed E-state index contributed by atoms with van der Waals surface area (Å²) in [4.78, 5) is 23.7. The van der Waals surface area contributed by atoms with E-state index in [0.717, 1.165) is 0 Å². The van der Waals surface area contributed by atoms with E-state index in [1.165, 1.54) is 7.11 Å². The van der Waals surface area contributed by atoms with Crippen molar-refractivity contribution in [3.05, 3.63) is 41.0 Å². The van der Waals surface area contributed by atoms with E-state index in [0.29, 0.717) is 28.4 Å². The molecule has 2 rings (SSSR count). The molecule has 1 aromatic carbocycles. The number of carbonyl (C=O) groups is 2. The van der Waals surface area contributed by atoms with Gasteiger partial charge in [-0.2, -0.15) is 0 Å². The van der Waals surface area contributed by atoms with Crippen molar-refractivity contribution in [2.75, 3.05) is 13.7 Å². The van der Waals surface area contributed by atoms with Crippen LogP contribution in [0.25, 0.3) is 0 Å². The molecule has 0 amide bonds. The predicted octanol–water partition coefficient (Wildman–Crippen LogP) is 2.63. The van der Waals surface area contributed by atoms with Gasteiger partial charge in [-0.25, -0.2) is 4.79 Å². The van der Waals surface area contributed by atoms with Gasteiger partial charge in [0.2, 0.25) is 0 Å². The van der Waals surface area contributed by atoms with Crippen LogP contribution in [0.4, 0.5) is 0 Å². The molecule has 0 fully saturated rings. The van der Waals surface area contributed by atoms with Gasteiger partial charge in [0.05, 0.1) is 18.2 Å². The number of fused-ring (bicyclic) bond motifs is 1. The van der Waals surface area contributed by atoms with Gasteiger partial charge < -0.3 is 9.47 Å². The Hall–Kier alpha value is -2.10. The molecule has 1 aromatic rings. The van der Waals surface area contributed by atoms with E-state index in [1.807, 2.05) is 19.9 Å². The molecule has 19 heavy (non-hydrogen) atoms. The first kappa shape index (κ1) is 13.3. The first-order valence-corrected chi connectivity index (χ1v) is 6.13. The molecular weight excluding hydrogens is 244 g/mol. The molecule has 0 atom stereocenters. The molecule has 0 aromatic heterocycles. The Labute approximate surface area is 112 Å². The van der Waals surface area contributed by atoms with E-state index < -0.39 is 5.97 Å². The zero-order valence-electron chi connectivity index (χ0n) is 11.2. The van der Waals surface area contributed by atoms with Crippen molar-refractivity contribution in [1.82, 2.24) is 0 Å². The van der Waals surface area contributed by atoms with Crippen molar-refractivity contribution >= 4 is 11.8 Å². The Morgan fingerprint density at radius 1 is 1.42 bits per heavy atom. The van der Waals surface area contributed by atoms with Crippen molar-refractivity contribution in [2.24, 2.45) is 5.92 Å². The third-order valence-corrected chi connectivity index (χ3v) is 2.86. The zero-order valence-corrected chi connectivity index (χ0v) is 11.2. The summed E-state index contributed by atoms with van der Waals surface area (Å²) < 4.78 is 10.2. The van der Waals surface area contributed by atoms with E-state index in [-0.39, 0.29) is 12.4 Å². The van der Waals surface area contributed by atoms with Gasteiger partial charge in [0.1, 0.15) is 12.4 Å². The Balaban J connectivity index is 2.36. The van der Waals surface area contributed by atoms with Crippen molar-refractivity contribution in [1.29, 1.82) is 0 Å². The van der Waals surface area contributed by atoms with Gasteiger partial charge in [-0.3, -0.25) is 4.79 Å². The SMILES string of the molecule is COC(=O)c1ccc2c(c1)OC/C(=C\C(C)C)C2=O. The predicted molar refractivity (Wildman–Crippen MR) is 70.5 cm³/mol. The van der Waals surface area contributed by atoms with Crippen molar-refractivity contribution < 1.29 is 19.1 Å². The highest BCUT2D eigenvalue weighted by Crippen LogP contribution is 2.28. The molecular formula is C15H16O4. The van der Waals surface area contributed by atoms with Crippen LogP contribution in [0.3, 0.4) is 0 Å². The first-order valence-electron chi connectivity index (χ1n) is 6.13. The summed E-state index contributed by atoms with van der Waals surface area (Å²) in [6.45, 7) is 4.26. The summed E-state index contributed by atoms with van der Waals surface area (Å²) >= 11 is 0. The number of hydrogen-bond donors (Lipinski definition) is 0. The van der Waals surface area contributed by atoms with Crippen LogP contribution in [0.1, 0.15) is 34.6 Å². The molecule has 1 heterocycles. The smallest absolute Gasteiger partial charge is 0.337 e. The monoisotopic (exact) mass is 260 g/mol. The number of benzene rings is 1. The minimum atomic E-state index is -0.442. The fraction of sp³-hybridized carbons (Fsp3) is 0.333. The summed E-state index contributed by atoms with van der Waals surface area (Å²) in [6.07, 6.45) is 1.90. The number of carbonyl (C=O) groups excluding carboxylic acids is 2. The maximum absolute atomic E-state index is 12.2. The molecule has 4 heteroatoms. The van der Waals surface area contributed by atoms with Crippen molar-refractivity contribution in [3.63, 3.8) is 0 Å². The normalized spacial score (nSPS) is 16.2. The quantitative estimate of drug-likeness (QED) is 0.606. The van der Waals surface area contributed by atoms with Gasteiger partial charge in [-0.15, -0.1) is 0 Å². The summed E-state index contributed by atoms with van der Waals surface area (Å²) in [7, 11) is 1.32. The highest BCUT2D eigenvalue weighted by Gasteiger charge is 2.24. The minimum Gasteiger partial charge on any atom is -0.488 e. The molecule has 0 N–H and O–H groups in total. The molecule has 1 aliphatic rings. The fourth-order valence-electron chi connectivity index (χ4n) is 1.99. The summed E-state index contributed by atoms with van der Waals surface area (Å²) in [6, 6.07) is 4.73. The van der Waals surface area contributed by atoms with Gasteiger partial charge in [-0.1, -0.05) is 19.9 Å². The van der Waals surface area contributed by atoms with Gasteiger partial charge in [0.15, 0.2) is 5.78 Å². The average Bonchev–Trinajstić information content (AvgIpc) is 2.40. The Kier molecular flexibility index (Phi) is 3.69. The Bertz CT molecular complexity index is 555. The lowest BCUT2D eigenvalue weighted by Crippen LogP contribution is -2.20. The Morgan fingerprint density at radius 3 is 2.79 bits per heavy atom. The maximum Gasteiger partial charge on any atom is 0.337 e. The number of Topliss-reactive ketones (excluding diaryl/α,β-unsaturated/α-hetero) is 1. The lowest BCUT2D eigenvalue weighted by molar-refractivity contribution is 0.0599. The van der Waals surface area contributed by atoms with E-state index in [4.69, 9.17) is 4.74 Å². The number of rotatable bonds is 2. The van der Waals surface area contributed by atoms with E-state index >= 15 is 0 Å². The van der Waals surface area contributed by atoms with Crippen LogP contribution in [-0.4, -0.2) is 25.5 Å². The average molecular weight is 260 g/mol. The first-order chi connectivity index (χ1) is 9.02. The summed E-state index contributed by atoms with van der Waals surface area (Å²) in [5.41, 5.74) is 1.53. The summed E-state index contributed by atoms with van der Waals surface area (Å²) in [5.74, 6) is 0.251. The lowest BCUT2D eigenvalue weighted by Gasteiger charge is -2.19. The third kappa shape index (κ3) is 2.67. The number of methoxy groups -OCH3 is 1. The second-order valence-corrected chi connectivity index (χ2v) is 4.76. The van der Waals surface area contributed by atoms with Gasteiger partial charge >= 0.3 is 5.97 Å². The highest BCUT2D eigenvalue weighted by molar-refractivity contribution is 6.12. The second-order valence-electron chi connectivity index (χ2n) is 4.76. The van der Waals surface area contributed by atoms with Crippen LogP contribution in [0.2, 0.25) is 0 Å². The molecule has 0 spiro atoms. The van der Waals surface area contributed by atoms with Crippen LogP contribution in [-0.2, 0) is 4.74 Å². The molecule has 1 aliphatic heterocycles. The number of allylic oxidation sites excluding steroid dienone is 1. The molecule has 0 bridgehead atoms. The number of ether oxygens (including phenoxy) is 2. The van der Waals surface area contributed by atoms with Gasteiger partial charge in [0.25, 0.3) is 0 Å². The fourth-order valence-corrected chi connectivity index (χ4v) is 1.99.